The van der Waals surface area contributed by atoms with Crippen molar-refractivity contribution in [2.75, 3.05) is 19.8 Å². The summed E-state index contributed by atoms with van der Waals surface area (Å²) in [7, 11) is 0. The summed E-state index contributed by atoms with van der Waals surface area (Å²) in [6.45, 7) is 1.22. The summed E-state index contributed by atoms with van der Waals surface area (Å²) in [5, 5.41) is 9.27. The predicted molar refractivity (Wildman–Crippen MR) is 55.8 cm³/mol. The van der Waals surface area contributed by atoms with Crippen LogP contribution in [0, 0.1) is 0 Å². The fourth-order valence-corrected chi connectivity index (χ4v) is 2.20. The van der Waals surface area contributed by atoms with Crippen molar-refractivity contribution in [2.24, 2.45) is 0 Å². The minimum atomic E-state index is -0.836. The van der Waals surface area contributed by atoms with Crippen LogP contribution in [0.2, 0.25) is 0 Å². The fraction of sp³-hybridized carbons (Fsp3) is 0.417. The second kappa shape index (κ2) is 3.22. The van der Waals surface area contributed by atoms with E-state index in [1.54, 1.807) is 0 Å². The number of hydrogen-bond donors (Lipinski definition) is 1. The van der Waals surface area contributed by atoms with Gasteiger partial charge in [-0.05, 0) is 17.2 Å². The summed E-state index contributed by atoms with van der Waals surface area (Å²) in [5.41, 5.74) is 1.10. The molecule has 1 saturated heterocycles. The van der Waals surface area contributed by atoms with Gasteiger partial charge in [0.15, 0.2) is 0 Å². The van der Waals surface area contributed by atoms with Crippen LogP contribution < -0.4 is 4.74 Å². The van der Waals surface area contributed by atoms with Crippen molar-refractivity contribution >= 4 is 5.97 Å². The lowest BCUT2D eigenvalue weighted by Crippen LogP contribution is -2.53. The number of hydrogen-bond acceptors (Lipinski definition) is 3. The standard InChI is InChI=1S/C12H12O4/c13-11(14)12(6-15-7-12)9-1-2-10-8(5-9)3-4-16-10/h1-2,5H,3-4,6-7H2,(H,13,14). The van der Waals surface area contributed by atoms with Gasteiger partial charge in [0.25, 0.3) is 0 Å². The van der Waals surface area contributed by atoms with Gasteiger partial charge in [-0.15, -0.1) is 0 Å². The Labute approximate surface area is 92.8 Å². The van der Waals surface area contributed by atoms with Crippen molar-refractivity contribution in [3.8, 4) is 5.75 Å². The van der Waals surface area contributed by atoms with Crippen LogP contribution in [-0.4, -0.2) is 30.9 Å². The lowest BCUT2D eigenvalue weighted by Gasteiger charge is -2.37. The molecule has 0 amide bonds. The maximum absolute atomic E-state index is 11.3. The van der Waals surface area contributed by atoms with Crippen LogP contribution in [0.1, 0.15) is 11.1 Å². The van der Waals surface area contributed by atoms with E-state index in [0.29, 0.717) is 6.61 Å². The van der Waals surface area contributed by atoms with Crippen LogP contribution in [0.15, 0.2) is 18.2 Å². The van der Waals surface area contributed by atoms with E-state index in [0.717, 1.165) is 23.3 Å². The quantitative estimate of drug-likeness (QED) is 0.807. The average Bonchev–Trinajstić information content (AvgIpc) is 2.62. The Morgan fingerprint density at radius 2 is 2.19 bits per heavy atom. The normalized spacial score (nSPS) is 20.8. The number of carbonyl (C=O) groups is 1. The predicted octanol–water partition coefficient (Wildman–Crippen LogP) is 0.974. The van der Waals surface area contributed by atoms with E-state index in [4.69, 9.17) is 9.47 Å². The molecule has 0 aliphatic carbocycles. The van der Waals surface area contributed by atoms with Crippen LogP contribution >= 0.6 is 0 Å². The molecule has 3 rings (SSSR count). The van der Waals surface area contributed by atoms with Gasteiger partial charge in [-0.3, -0.25) is 4.79 Å². The molecular formula is C12H12O4. The zero-order valence-electron chi connectivity index (χ0n) is 8.73. The first-order valence-electron chi connectivity index (χ1n) is 5.30. The molecule has 1 fully saturated rings. The molecule has 1 N–H and O–H groups in total. The highest BCUT2D eigenvalue weighted by molar-refractivity contribution is 5.83. The molecule has 0 radical (unpaired) electrons. The largest absolute Gasteiger partial charge is 0.493 e. The van der Waals surface area contributed by atoms with Gasteiger partial charge in [-0.25, -0.2) is 0 Å². The van der Waals surface area contributed by atoms with Crippen molar-refractivity contribution in [1.29, 1.82) is 0 Å². The number of benzene rings is 1. The third-order valence-corrected chi connectivity index (χ3v) is 3.35. The van der Waals surface area contributed by atoms with E-state index >= 15 is 0 Å². The first kappa shape index (κ1) is 9.66. The third-order valence-electron chi connectivity index (χ3n) is 3.35. The molecule has 4 nitrogen and oxygen atoms in total. The summed E-state index contributed by atoms with van der Waals surface area (Å²) in [5.74, 6) is 0.0714. The number of rotatable bonds is 2. The maximum atomic E-state index is 11.3. The highest BCUT2D eigenvalue weighted by atomic mass is 16.5. The molecule has 1 aromatic carbocycles. The molecule has 2 aliphatic heterocycles. The Balaban J connectivity index is 2.03. The second-order valence-corrected chi connectivity index (χ2v) is 4.30. The molecule has 4 heteroatoms. The molecule has 2 heterocycles. The molecule has 2 aliphatic rings. The van der Waals surface area contributed by atoms with Crippen molar-refractivity contribution in [3.05, 3.63) is 29.3 Å². The highest BCUT2D eigenvalue weighted by Crippen LogP contribution is 2.36. The summed E-state index contributed by atoms with van der Waals surface area (Å²) in [6, 6.07) is 5.64. The van der Waals surface area contributed by atoms with Gasteiger partial charge < -0.3 is 14.6 Å². The molecule has 84 valence electrons. The Morgan fingerprint density at radius 1 is 1.38 bits per heavy atom. The number of ether oxygens (including phenoxy) is 2. The minimum absolute atomic E-state index is 0.266. The van der Waals surface area contributed by atoms with E-state index in [2.05, 4.69) is 0 Å². The lowest BCUT2D eigenvalue weighted by atomic mass is 9.78. The molecule has 0 atom stereocenters. The number of fused-ring (bicyclic) bond motifs is 1. The van der Waals surface area contributed by atoms with Gasteiger partial charge in [0, 0.05) is 6.42 Å². The summed E-state index contributed by atoms with van der Waals surface area (Å²) < 4.78 is 10.5. The van der Waals surface area contributed by atoms with Gasteiger partial charge in [0.05, 0.1) is 19.8 Å². The van der Waals surface area contributed by atoms with Crippen molar-refractivity contribution in [1.82, 2.24) is 0 Å². The van der Waals surface area contributed by atoms with Gasteiger partial charge in [0.2, 0.25) is 0 Å². The molecule has 1 aromatic rings. The Morgan fingerprint density at radius 3 is 2.81 bits per heavy atom. The Kier molecular flexibility index (Phi) is 1.94. The molecule has 0 unspecified atom stereocenters. The third kappa shape index (κ3) is 1.16. The van der Waals surface area contributed by atoms with Crippen LogP contribution in [0.5, 0.6) is 5.75 Å². The summed E-state index contributed by atoms with van der Waals surface area (Å²) in [4.78, 5) is 11.3. The van der Waals surface area contributed by atoms with Gasteiger partial charge in [-0.2, -0.15) is 0 Å². The molecule has 0 spiro atoms. The SMILES string of the molecule is O=C(O)C1(c2ccc3c(c2)CCO3)COC1. The smallest absolute Gasteiger partial charge is 0.318 e. The fourth-order valence-electron chi connectivity index (χ4n) is 2.20. The first-order valence-corrected chi connectivity index (χ1v) is 5.30. The van der Waals surface area contributed by atoms with E-state index in [1.807, 2.05) is 18.2 Å². The number of carboxylic acid groups (broad SMARTS) is 1. The first-order chi connectivity index (χ1) is 7.72. The van der Waals surface area contributed by atoms with Crippen molar-refractivity contribution in [3.63, 3.8) is 0 Å². The Hall–Kier alpha value is -1.55. The van der Waals surface area contributed by atoms with Crippen LogP contribution in [0.25, 0.3) is 0 Å². The number of aliphatic carboxylic acids is 1. The molecule has 0 bridgehead atoms. The zero-order chi connectivity index (χ0) is 11.2. The van der Waals surface area contributed by atoms with Crippen LogP contribution in [0.4, 0.5) is 0 Å². The Bertz CT molecular complexity index is 448. The topological polar surface area (TPSA) is 55.8 Å². The van der Waals surface area contributed by atoms with E-state index in [9.17, 15) is 9.90 Å². The molecule has 0 aromatic heterocycles. The van der Waals surface area contributed by atoms with Crippen molar-refractivity contribution < 1.29 is 19.4 Å². The van der Waals surface area contributed by atoms with Crippen molar-refractivity contribution in [2.45, 2.75) is 11.8 Å². The van der Waals surface area contributed by atoms with E-state index < -0.39 is 11.4 Å². The zero-order valence-corrected chi connectivity index (χ0v) is 8.73. The molecule has 0 saturated carbocycles. The maximum Gasteiger partial charge on any atom is 0.318 e. The molecular weight excluding hydrogens is 208 g/mol. The van der Waals surface area contributed by atoms with E-state index in [-0.39, 0.29) is 13.2 Å². The van der Waals surface area contributed by atoms with Gasteiger partial charge in [-0.1, -0.05) is 12.1 Å². The van der Waals surface area contributed by atoms with Gasteiger partial charge >= 0.3 is 5.97 Å². The summed E-state index contributed by atoms with van der Waals surface area (Å²) in [6.07, 6.45) is 0.861. The van der Waals surface area contributed by atoms with E-state index in [1.165, 1.54) is 0 Å². The van der Waals surface area contributed by atoms with Gasteiger partial charge in [0.1, 0.15) is 11.2 Å². The summed E-state index contributed by atoms with van der Waals surface area (Å²) >= 11 is 0. The number of carboxylic acids is 1. The van der Waals surface area contributed by atoms with Crippen LogP contribution in [0.3, 0.4) is 0 Å². The second-order valence-electron chi connectivity index (χ2n) is 4.30. The minimum Gasteiger partial charge on any atom is -0.493 e. The van der Waals surface area contributed by atoms with Crippen LogP contribution in [-0.2, 0) is 21.4 Å². The molecule has 16 heavy (non-hydrogen) atoms. The average molecular weight is 220 g/mol. The lowest BCUT2D eigenvalue weighted by molar-refractivity contribution is -0.163. The monoisotopic (exact) mass is 220 g/mol. The highest BCUT2D eigenvalue weighted by Gasteiger charge is 2.48.